The second-order valence-corrected chi connectivity index (χ2v) is 8.78. The summed E-state index contributed by atoms with van der Waals surface area (Å²) in [5.41, 5.74) is 1.80. The smallest absolute Gasteiger partial charge is 0.264 e. The minimum Gasteiger partial charge on any atom is -0.323 e. The van der Waals surface area contributed by atoms with Gasteiger partial charge in [0.1, 0.15) is 4.91 Å². The van der Waals surface area contributed by atoms with Crippen molar-refractivity contribution in [1.82, 2.24) is 4.90 Å². The molecule has 0 spiro atoms. The number of thioether (sulfide) groups is 1. The van der Waals surface area contributed by atoms with E-state index < -0.39 is 0 Å². The van der Waals surface area contributed by atoms with E-state index >= 15 is 0 Å². The molecule has 3 aliphatic rings. The minimum absolute atomic E-state index is 0.0917. The molecule has 2 aliphatic heterocycles. The Bertz CT molecular complexity index is 767. The molecule has 4 nitrogen and oxygen atoms in total. The number of amidine groups is 1. The van der Waals surface area contributed by atoms with Gasteiger partial charge in [-0.25, -0.2) is 0 Å². The van der Waals surface area contributed by atoms with E-state index in [2.05, 4.69) is 15.2 Å². The molecule has 0 aromatic heterocycles. The molecule has 1 aromatic carbocycles. The van der Waals surface area contributed by atoms with Crippen molar-refractivity contribution >= 4 is 51.7 Å². The van der Waals surface area contributed by atoms with Gasteiger partial charge >= 0.3 is 0 Å². The van der Waals surface area contributed by atoms with Gasteiger partial charge in [-0.1, -0.05) is 42.5 Å². The highest BCUT2D eigenvalue weighted by Gasteiger charge is 2.38. The van der Waals surface area contributed by atoms with Crippen LogP contribution in [0.1, 0.15) is 38.5 Å². The molecule has 1 fully saturated rings. The van der Waals surface area contributed by atoms with Gasteiger partial charge in [0, 0.05) is 40.4 Å². The first-order chi connectivity index (χ1) is 12.6. The number of anilines is 1. The summed E-state index contributed by atoms with van der Waals surface area (Å²) >= 11 is 13.6. The highest BCUT2D eigenvalue weighted by atomic mass is 35.5. The Morgan fingerprint density at radius 3 is 2.58 bits per heavy atom. The summed E-state index contributed by atoms with van der Waals surface area (Å²) in [6.07, 6.45) is 7.11. The van der Waals surface area contributed by atoms with Gasteiger partial charge in [-0.15, -0.1) is 0 Å². The quantitative estimate of drug-likeness (QED) is 0.713. The fourth-order valence-electron chi connectivity index (χ4n) is 3.92. The maximum Gasteiger partial charge on any atom is 0.264 e. The zero-order valence-electron chi connectivity index (χ0n) is 14.4. The number of nitrogens with one attached hydrogen (secondary N) is 1. The van der Waals surface area contributed by atoms with E-state index in [0.29, 0.717) is 21.7 Å². The van der Waals surface area contributed by atoms with Crippen LogP contribution < -0.4 is 5.32 Å². The third kappa shape index (κ3) is 3.75. The molecule has 0 atom stereocenters. The van der Waals surface area contributed by atoms with Gasteiger partial charge in [-0.05, 0) is 49.2 Å². The van der Waals surface area contributed by atoms with Gasteiger partial charge in [0.05, 0.1) is 0 Å². The molecule has 2 heterocycles. The van der Waals surface area contributed by atoms with Crippen LogP contribution in [0.2, 0.25) is 10.0 Å². The number of carbonyl (C=O) groups is 1. The van der Waals surface area contributed by atoms with Gasteiger partial charge in [0.2, 0.25) is 0 Å². The van der Waals surface area contributed by atoms with Crippen molar-refractivity contribution < 1.29 is 4.79 Å². The lowest BCUT2D eigenvalue weighted by Gasteiger charge is -2.32. The first kappa shape index (κ1) is 18.2. The predicted molar refractivity (Wildman–Crippen MR) is 110 cm³/mol. The molecule has 1 N–H and O–H groups in total. The van der Waals surface area contributed by atoms with Gasteiger partial charge in [0.25, 0.3) is 5.91 Å². The molecule has 0 bridgehead atoms. The predicted octanol–water partition coefficient (Wildman–Crippen LogP) is 5.53. The number of rotatable bonds is 3. The minimum atomic E-state index is -0.0917. The lowest BCUT2D eigenvalue weighted by Crippen LogP contribution is -2.33. The third-order valence-electron chi connectivity index (χ3n) is 5.05. The average Bonchev–Trinajstić information content (AvgIpc) is 3.01. The second kappa shape index (κ2) is 7.83. The summed E-state index contributed by atoms with van der Waals surface area (Å²) in [5, 5.41) is 4.97. The van der Waals surface area contributed by atoms with E-state index in [9.17, 15) is 4.79 Å². The van der Waals surface area contributed by atoms with Gasteiger partial charge in [-0.2, -0.15) is 0 Å². The number of benzene rings is 1. The molecule has 1 aliphatic carbocycles. The van der Waals surface area contributed by atoms with Crippen LogP contribution in [0.4, 0.5) is 5.69 Å². The molecule has 0 radical (unpaired) electrons. The van der Waals surface area contributed by atoms with Gasteiger partial charge < -0.3 is 10.2 Å². The van der Waals surface area contributed by atoms with Crippen molar-refractivity contribution in [3.8, 4) is 0 Å². The van der Waals surface area contributed by atoms with Crippen molar-refractivity contribution in [2.75, 3.05) is 18.4 Å². The summed E-state index contributed by atoms with van der Waals surface area (Å²) < 4.78 is 0. The van der Waals surface area contributed by atoms with E-state index in [-0.39, 0.29) is 5.91 Å². The first-order valence-electron chi connectivity index (χ1n) is 9.13. The maximum absolute atomic E-state index is 13.1. The highest BCUT2D eigenvalue weighted by Crippen LogP contribution is 2.44. The van der Waals surface area contributed by atoms with Crippen molar-refractivity contribution in [1.29, 1.82) is 0 Å². The van der Waals surface area contributed by atoms with E-state index in [4.69, 9.17) is 23.2 Å². The second-order valence-electron chi connectivity index (χ2n) is 6.93. The van der Waals surface area contributed by atoms with Crippen LogP contribution in [0.3, 0.4) is 0 Å². The Hall–Kier alpha value is -1.17. The summed E-state index contributed by atoms with van der Waals surface area (Å²) in [5.74, 6) is 0.358. The Morgan fingerprint density at radius 2 is 1.85 bits per heavy atom. The van der Waals surface area contributed by atoms with E-state index in [1.807, 2.05) is 0 Å². The molecule has 7 heteroatoms. The standard InChI is InChI=1S/C19H21Cl2N3OS/c20-13-9-14(21)11-15(10-13)23-18(25)17-16(12-5-2-1-3-6-12)24-8-4-7-22-19(24)26-17/h9-12H,1-8H2,(H,23,25). The zero-order chi connectivity index (χ0) is 18.1. The molecule has 1 aromatic rings. The maximum atomic E-state index is 13.1. The molecule has 1 saturated carbocycles. The molecule has 0 unspecified atom stereocenters. The Morgan fingerprint density at radius 1 is 1.12 bits per heavy atom. The number of amides is 1. The van der Waals surface area contributed by atoms with E-state index in [1.54, 1.807) is 18.2 Å². The number of allylic oxidation sites excluding steroid dienone is 1. The average molecular weight is 410 g/mol. The van der Waals surface area contributed by atoms with E-state index in [0.717, 1.165) is 42.4 Å². The largest absolute Gasteiger partial charge is 0.323 e. The van der Waals surface area contributed by atoms with Crippen molar-refractivity contribution in [3.63, 3.8) is 0 Å². The van der Waals surface area contributed by atoms with Crippen LogP contribution in [-0.2, 0) is 4.79 Å². The Kier molecular flexibility index (Phi) is 5.48. The Balaban J connectivity index is 1.64. The molecule has 26 heavy (non-hydrogen) atoms. The monoisotopic (exact) mass is 409 g/mol. The van der Waals surface area contributed by atoms with Gasteiger partial charge in [0.15, 0.2) is 5.17 Å². The summed E-state index contributed by atoms with van der Waals surface area (Å²) in [4.78, 5) is 20.8. The van der Waals surface area contributed by atoms with Crippen molar-refractivity contribution in [2.45, 2.75) is 38.5 Å². The zero-order valence-corrected chi connectivity index (χ0v) is 16.8. The number of hydrogen-bond donors (Lipinski definition) is 1. The number of hydrogen-bond acceptors (Lipinski definition) is 4. The van der Waals surface area contributed by atoms with Crippen LogP contribution in [0.5, 0.6) is 0 Å². The number of carbonyl (C=O) groups excluding carboxylic acids is 1. The van der Waals surface area contributed by atoms with Crippen LogP contribution in [-0.4, -0.2) is 29.1 Å². The van der Waals surface area contributed by atoms with Crippen molar-refractivity contribution in [3.05, 3.63) is 38.8 Å². The lowest BCUT2D eigenvalue weighted by atomic mass is 9.86. The van der Waals surface area contributed by atoms with Crippen LogP contribution >= 0.6 is 35.0 Å². The topological polar surface area (TPSA) is 44.7 Å². The molecule has 138 valence electrons. The molecule has 4 rings (SSSR count). The molecule has 0 saturated heterocycles. The van der Waals surface area contributed by atoms with Crippen molar-refractivity contribution in [2.24, 2.45) is 10.9 Å². The summed E-state index contributed by atoms with van der Waals surface area (Å²) in [7, 11) is 0. The SMILES string of the molecule is O=C(Nc1cc(Cl)cc(Cl)c1)C1=C(C2CCCCC2)N2CCCN=C2S1. The number of fused-ring (bicyclic) bond motifs is 1. The number of aliphatic imine (C=N–C) groups is 1. The molecular weight excluding hydrogens is 389 g/mol. The fraction of sp³-hybridized carbons (Fsp3) is 0.474. The summed E-state index contributed by atoms with van der Waals surface area (Å²) in [6.45, 7) is 1.80. The first-order valence-corrected chi connectivity index (χ1v) is 10.7. The highest BCUT2D eigenvalue weighted by molar-refractivity contribution is 8.18. The Labute approximate surface area is 168 Å². The number of halogens is 2. The van der Waals surface area contributed by atoms with Crippen LogP contribution in [0, 0.1) is 5.92 Å². The summed E-state index contributed by atoms with van der Waals surface area (Å²) in [6, 6.07) is 5.10. The lowest BCUT2D eigenvalue weighted by molar-refractivity contribution is -0.112. The van der Waals surface area contributed by atoms with E-state index in [1.165, 1.54) is 36.7 Å². The molecule has 1 amide bonds. The van der Waals surface area contributed by atoms with Crippen LogP contribution in [0.15, 0.2) is 33.8 Å². The fourth-order valence-corrected chi connectivity index (χ4v) is 5.61. The molecular formula is C19H21Cl2N3OS. The normalized spacial score (nSPS) is 20.8. The van der Waals surface area contributed by atoms with Crippen LogP contribution in [0.25, 0.3) is 0 Å². The third-order valence-corrected chi connectivity index (χ3v) is 6.62. The number of nitrogens with zero attached hydrogens (tertiary/aromatic N) is 2. The van der Waals surface area contributed by atoms with Gasteiger partial charge in [-0.3, -0.25) is 9.79 Å².